The van der Waals surface area contributed by atoms with E-state index in [1.165, 1.54) is 24.8 Å². The molecule has 2 atom stereocenters. The van der Waals surface area contributed by atoms with E-state index in [0.29, 0.717) is 12.0 Å². The molecule has 1 fully saturated rings. The van der Waals surface area contributed by atoms with Crippen molar-refractivity contribution in [2.24, 2.45) is 0 Å². The third-order valence-corrected chi connectivity index (χ3v) is 3.18. The topological polar surface area (TPSA) is 12.0 Å². The van der Waals surface area contributed by atoms with Gasteiger partial charge in [0.25, 0.3) is 0 Å². The van der Waals surface area contributed by atoms with Crippen molar-refractivity contribution in [2.45, 2.75) is 31.2 Å². The van der Waals surface area contributed by atoms with Crippen molar-refractivity contribution in [2.75, 3.05) is 7.05 Å². The van der Waals surface area contributed by atoms with Crippen molar-refractivity contribution in [1.82, 2.24) is 5.32 Å². The first-order valence-corrected chi connectivity index (χ1v) is 5.22. The number of benzene rings is 1. The minimum absolute atomic E-state index is 0.142. The Labute approximate surface area is 84.3 Å². The Morgan fingerprint density at radius 2 is 1.93 bits per heavy atom. The maximum Gasteiger partial charge on any atom is 0.123 e. The van der Waals surface area contributed by atoms with E-state index >= 15 is 0 Å². The van der Waals surface area contributed by atoms with Crippen molar-refractivity contribution in [1.29, 1.82) is 0 Å². The zero-order valence-electron chi connectivity index (χ0n) is 8.46. The second-order valence-electron chi connectivity index (χ2n) is 4.05. The Hall–Kier alpha value is -0.890. The molecule has 2 unspecified atom stereocenters. The lowest BCUT2D eigenvalue weighted by Gasteiger charge is -2.10. The van der Waals surface area contributed by atoms with E-state index in [9.17, 15) is 4.39 Å². The Balaban J connectivity index is 2.06. The van der Waals surface area contributed by atoms with E-state index in [0.717, 1.165) is 0 Å². The van der Waals surface area contributed by atoms with Gasteiger partial charge in [-0.2, -0.15) is 0 Å². The molecule has 1 nitrogen and oxygen atoms in total. The molecule has 0 aromatic heterocycles. The van der Waals surface area contributed by atoms with Gasteiger partial charge in [-0.25, -0.2) is 4.39 Å². The predicted molar refractivity (Wildman–Crippen MR) is 55.8 cm³/mol. The Bertz CT molecular complexity index is 294. The summed E-state index contributed by atoms with van der Waals surface area (Å²) in [4.78, 5) is 0. The van der Waals surface area contributed by atoms with Crippen molar-refractivity contribution < 1.29 is 4.39 Å². The number of rotatable bonds is 2. The quantitative estimate of drug-likeness (QED) is 0.761. The van der Waals surface area contributed by atoms with Gasteiger partial charge in [0, 0.05) is 6.04 Å². The Morgan fingerprint density at radius 1 is 1.21 bits per heavy atom. The van der Waals surface area contributed by atoms with Crippen LogP contribution in [0.25, 0.3) is 0 Å². The van der Waals surface area contributed by atoms with Gasteiger partial charge in [-0.15, -0.1) is 0 Å². The SMILES string of the molecule is CNC1CCC(c2ccc(F)cc2)C1. The lowest BCUT2D eigenvalue weighted by Crippen LogP contribution is -2.21. The standard InChI is InChI=1S/C12H16FN/c1-14-12-7-4-10(8-12)9-2-5-11(13)6-3-9/h2-3,5-6,10,12,14H,4,7-8H2,1H3. The van der Waals surface area contributed by atoms with Crippen LogP contribution in [0.5, 0.6) is 0 Å². The van der Waals surface area contributed by atoms with Crippen LogP contribution < -0.4 is 5.32 Å². The average molecular weight is 193 g/mol. The second kappa shape index (κ2) is 4.09. The van der Waals surface area contributed by atoms with Gasteiger partial charge in [0.15, 0.2) is 0 Å². The molecule has 1 aliphatic rings. The van der Waals surface area contributed by atoms with E-state index in [1.807, 2.05) is 19.2 Å². The molecule has 0 spiro atoms. The molecule has 0 bridgehead atoms. The predicted octanol–water partition coefficient (Wildman–Crippen LogP) is 2.68. The summed E-state index contributed by atoms with van der Waals surface area (Å²) >= 11 is 0. The normalized spacial score (nSPS) is 26.7. The molecule has 2 rings (SSSR count). The minimum Gasteiger partial charge on any atom is -0.317 e. The molecular weight excluding hydrogens is 177 g/mol. The maximum atomic E-state index is 12.7. The van der Waals surface area contributed by atoms with Gasteiger partial charge >= 0.3 is 0 Å². The van der Waals surface area contributed by atoms with Gasteiger partial charge in [0.2, 0.25) is 0 Å². The van der Waals surface area contributed by atoms with Gasteiger partial charge < -0.3 is 5.32 Å². The molecule has 0 heterocycles. The van der Waals surface area contributed by atoms with Crippen LogP contribution >= 0.6 is 0 Å². The fourth-order valence-electron chi connectivity index (χ4n) is 2.28. The summed E-state index contributed by atoms with van der Waals surface area (Å²) in [5.41, 5.74) is 1.28. The van der Waals surface area contributed by atoms with Crippen molar-refractivity contribution in [3.8, 4) is 0 Å². The second-order valence-corrected chi connectivity index (χ2v) is 4.05. The fraction of sp³-hybridized carbons (Fsp3) is 0.500. The van der Waals surface area contributed by atoms with Crippen molar-refractivity contribution in [3.05, 3.63) is 35.6 Å². The van der Waals surface area contributed by atoms with Crippen LogP contribution in [0.2, 0.25) is 0 Å². The number of hydrogen-bond acceptors (Lipinski definition) is 1. The highest BCUT2D eigenvalue weighted by Gasteiger charge is 2.24. The van der Waals surface area contributed by atoms with Gasteiger partial charge in [-0.1, -0.05) is 12.1 Å². The fourth-order valence-corrected chi connectivity index (χ4v) is 2.28. The summed E-state index contributed by atoms with van der Waals surface area (Å²) in [7, 11) is 2.01. The summed E-state index contributed by atoms with van der Waals surface area (Å²) < 4.78 is 12.7. The molecule has 2 heteroatoms. The third-order valence-electron chi connectivity index (χ3n) is 3.18. The molecular formula is C12H16FN. The van der Waals surface area contributed by atoms with E-state index in [4.69, 9.17) is 0 Å². The average Bonchev–Trinajstić information content (AvgIpc) is 2.67. The molecule has 14 heavy (non-hydrogen) atoms. The van der Waals surface area contributed by atoms with Crippen LogP contribution in [-0.2, 0) is 0 Å². The summed E-state index contributed by atoms with van der Waals surface area (Å²) in [6, 6.07) is 7.59. The highest BCUT2D eigenvalue weighted by molar-refractivity contribution is 5.21. The highest BCUT2D eigenvalue weighted by Crippen LogP contribution is 2.34. The first kappa shape index (κ1) is 9.66. The third kappa shape index (κ3) is 1.95. The van der Waals surface area contributed by atoms with E-state index in [2.05, 4.69) is 5.32 Å². The lowest BCUT2D eigenvalue weighted by molar-refractivity contribution is 0.571. The van der Waals surface area contributed by atoms with Gasteiger partial charge in [0.1, 0.15) is 5.82 Å². The Kier molecular flexibility index (Phi) is 2.82. The van der Waals surface area contributed by atoms with Crippen molar-refractivity contribution in [3.63, 3.8) is 0 Å². The zero-order chi connectivity index (χ0) is 9.97. The molecule has 0 aliphatic heterocycles. The van der Waals surface area contributed by atoms with Crippen LogP contribution in [0.3, 0.4) is 0 Å². The van der Waals surface area contributed by atoms with Crippen LogP contribution in [0.15, 0.2) is 24.3 Å². The van der Waals surface area contributed by atoms with Crippen LogP contribution in [0.4, 0.5) is 4.39 Å². The first-order chi connectivity index (χ1) is 6.79. The zero-order valence-corrected chi connectivity index (χ0v) is 8.46. The molecule has 1 N–H and O–H groups in total. The van der Waals surface area contributed by atoms with Crippen molar-refractivity contribution >= 4 is 0 Å². The Morgan fingerprint density at radius 3 is 2.50 bits per heavy atom. The molecule has 1 saturated carbocycles. The first-order valence-electron chi connectivity index (χ1n) is 5.22. The molecule has 0 amide bonds. The molecule has 0 saturated heterocycles. The van der Waals surface area contributed by atoms with Crippen LogP contribution in [0.1, 0.15) is 30.7 Å². The molecule has 1 aliphatic carbocycles. The molecule has 76 valence electrons. The largest absolute Gasteiger partial charge is 0.317 e. The van der Waals surface area contributed by atoms with Crippen LogP contribution in [0, 0.1) is 5.82 Å². The monoisotopic (exact) mass is 193 g/mol. The summed E-state index contributed by atoms with van der Waals surface area (Å²) in [5, 5.41) is 3.30. The van der Waals surface area contributed by atoms with E-state index in [1.54, 1.807) is 12.1 Å². The smallest absolute Gasteiger partial charge is 0.123 e. The minimum atomic E-state index is -0.142. The summed E-state index contributed by atoms with van der Waals surface area (Å²) in [6.45, 7) is 0. The maximum absolute atomic E-state index is 12.7. The van der Waals surface area contributed by atoms with Gasteiger partial charge in [0.05, 0.1) is 0 Å². The summed E-state index contributed by atoms with van der Waals surface area (Å²) in [6.07, 6.45) is 3.64. The van der Waals surface area contributed by atoms with Crippen LogP contribution in [-0.4, -0.2) is 13.1 Å². The number of halogens is 1. The summed E-state index contributed by atoms with van der Waals surface area (Å²) in [5.74, 6) is 0.477. The highest BCUT2D eigenvalue weighted by atomic mass is 19.1. The van der Waals surface area contributed by atoms with Gasteiger partial charge in [-0.3, -0.25) is 0 Å². The number of hydrogen-bond donors (Lipinski definition) is 1. The molecule has 0 radical (unpaired) electrons. The van der Waals surface area contributed by atoms with Gasteiger partial charge in [-0.05, 0) is 49.9 Å². The molecule has 1 aromatic carbocycles. The molecule has 1 aromatic rings. The number of nitrogens with one attached hydrogen (secondary N) is 1. The van der Waals surface area contributed by atoms with E-state index < -0.39 is 0 Å². The lowest BCUT2D eigenvalue weighted by atomic mass is 9.97. The van der Waals surface area contributed by atoms with E-state index in [-0.39, 0.29) is 5.82 Å².